The van der Waals surface area contributed by atoms with Gasteiger partial charge in [0, 0.05) is 21.8 Å². The van der Waals surface area contributed by atoms with Gasteiger partial charge in [-0.2, -0.15) is 0 Å². The van der Waals surface area contributed by atoms with Crippen molar-refractivity contribution in [3.05, 3.63) is 56.2 Å². The van der Waals surface area contributed by atoms with Gasteiger partial charge in [0.1, 0.15) is 11.6 Å². The van der Waals surface area contributed by atoms with Gasteiger partial charge in [0.2, 0.25) is 0 Å². The zero-order chi connectivity index (χ0) is 12.4. The fourth-order valence-electron chi connectivity index (χ4n) is 1.53. The Morgan fingerprint density at radius 3 is 2.41 bits per heavy atom. The van der Waals surface area contributed by atoms with Crippen molar-refractivity contribution in [2.75, 3.05) is 0 Å². The number of rotatable bonds is 3. The molecule has 1 unspecified atom stereocenters. The first-order valence-electron chi connectivity index (χ1n) is 4.92. The first-order chi connectivity index (χ1) is 8.06. The first kappa shape index (κ1) is 12.7. The molecule has 0 bridgehead atoms. The molecule has 0 amide bonds. The van der Waals surface area contributed by atoms with Gasteiger partial charge in [-0.15, -0.1) is 11.3 Å². The number of hydrogen-bond acceptors (Lipinski definition) is 2. The van der Waals surface area contributed by atoms with Crippen LogP contribution in [-0.4, -0.2) is 5.11 Å². The standard InChI is InChI=1S/C12H9BrF2OS/c13-10-1-2-17-12(10)6-11(16)7-3-8(14)5-9(15)4-7/h1-5,11,16H,6H2. The molecule has 0 saturated carbocycles. The molecule has 2 aromatic rings. The maximum Gasteiger partial charge on any atom is 0.126 e. The Kier molecular flexibility index (Phi) is 3.91. The second-order valence-corrected chi connectivity index (χ2v) is 5.47. The number of benzene rings is 1. The average Bonchev–Trinajstić information content (AvgIpc) is 2.63. The lowest BCUT2D eigenvalue weighted by atomic mass is 10.1. The maximum absolute atomic E-state index is 13.0. The highest BCUT2D eigenvalue weighted by atomic mass is 79.9. The molecule has 1 aromatic carbocycles. The summed E-state index contributed by atoms with van der Waals surface area (Å²) < 4.78 is 26.9. The molecule has 17 heavy (non-hydrogen) atoms. The molecule has 0 aliphatic carbocycles. The largest absolute Gasteiger partial charge is 0.388 e. The highest BCUT2D eigenvalue weighted by Gasteiger charge is 2.13. The van der Waals surface area contributed by atoms with Gasteiger partial charge in [0.25, 0.3) is 0 Å². The number of hydrogen-bond donors (Lipinski definition) is 1. The van der Waals surface area contributed by atoms with E-state index in [1.54, 1.807) is 0 Å². The quantitative estimate of drug-likeness (QED) is 0.904. The van der Waals surface area contributed by atoms with Crippen molar-refractivity contribution in [2.45, 2.75) is 12.5 Å². The molecule has 0 spiro atoms. The summed E-state index contributed by atoms with van der Waals surface area (Å²) in [5.74, 6) is -1.35. The van der Waals surface area contributed by atoms with Crippen molar-refractivity contribution in [2.24, 2.45) is 0 Å². The van der Waals surface area contributed by atoms with Crippen LogP contribution in [0.1, 0.15) is 16.5 Å². The molecule has 1 aromatic heterocycles. The molecule has 0 aliphatic rings. The smallest absolute Gasteiger partial charge is 0.126 e. The van der Waals surface area contributed by atoms with Gasteiger partial charge in [-0.05, 0) is 45.1 Å². The third-order valence-corrected chi connectivity index (χ3v) is 4.29. The Balaban J connectivity index is 2.20. The zero-order valence-corrected chi connectivity index (χ0v) is 11.1. The van der Waals surface area contributed by atoms with Gasteiger partial charge in [-0.1, -0.05) is 0 Å². The lowest BCUT2D eigenvalue weighted by molar-refractivity contribution is 0.178. The number of aliphatic hydroxyl groups is 1. The van der Waals surface area contributed by atoms with Crippen LogP contribution in [0, 0.1) is 11.6 Å². The minimum atomic E-state index is -0.907. The molecule has 1 atom stereocenters. The molecule has 0 fully saturated rings. The number of halogens is 3. The van der Waals surface area contributed by atoms with Crippen molar-refractivity contribution >= 4 is 27.3 Å². The van der Waals surface area contributed by atoms with E-state index < -0.39 is 17.7 Å². The number of aliphatic hydroxyl groups excluding tert-OH is 1. The van der Waals surface area contributed by atoms with Gasteiger partial charge >= 0.3 is 0 Å². The molecule has 0 radical (unpaired) electrons. The summed E-state index contributed by atoms with van der Waals surface area (Å²) >= 11 is 4.83. The molecule has 1 N–H and O–H groups in total. The van der Waals surface area contributed by atoms with E-state index in [4.69, 9.17) is 0 Å². The van der Waals surface area contributed by atoms with E-state index in [9.17, 15) is 13.9 Å². The molecule has 90 valence electrons. The van der Waals surface area contributed by atoms with E-state index in [0.29, 0.717) is 6.42 Å². The van der Waals surface area contributed by atoms with Crippen molar-refractivity contribution in [3.63, 3.8) is 0 Å². The van der Waals surface area contributed by atoms with Crippen molar-refractivity contribution in [3.8, 4) is 0 Å². The molecular weight excluding hydrogens is 310 g/mol. The lowest BCUT2D eigenvalue weighted by Crippen LogP contribution is -2.02. The van der Waals surface area contributed by atoms with Crippen LogP contribution in [-0.2, 0) is 6.42 Å². The second-order valence-electron chi connectivity index (χ2n) is 3.61. The summed E-state index contributed by atoms with van der Waals surface area (Å²) in [4.78, 5) is 0.946. The SMILES string of the molecule is OC(Cc1sccc1Br)c1cc(F)cc(F)c1. The average molecular weight is 319 g/mol. The fraction of sp³-hybridized carbons (Fsp3) is 0.167. The van der Waals surface area contributed by atoms with Gasteiger partial charge < -0.3 is 5.11 Å². The Labute approximate surface area is 110 Å². The monoisotopic (exact) mass is 318 g/mol. The van der Waals surface area contributed by atoms with Gasteiger partial charge in [0.15, 0.2) is 0 Å². The van der Waals surface area contributed by atoms with Gasteiger partial charge in [0.05, 0.1) is 6.10 Å². The Morgan fingerprint density at radius 1 is 1.24 bits per heavy atom. The first-order valence-corrected chi connectivity index (χ1v) is 6.59. The Morgan fingerprint density at radius 2 is 1.88 bits per heavy atom. The predicted octanol–water partition coefficient (Wildman–Crippen LogP) is 4.06. The summed E-state index contributed by atoms with van der Waals surface area (Å²) in [7, 11) is 0. The Hall–Kier alpha value is -0.780. The number of thiophene rings is 1. The molecule has 1 nitrogen and oxygen atoms in total. The molecule has 5 heteroatoms. The van der Waals surface area contributed by atoms with Crippen LogP contribution in [0.4, 0.5) is 8.78 Å². The topological polar surface area (TPSA) is 20.2 Å². The van der Waals surface area contributed by atoms with Crippen LogP contribution in [0.15, 0.2) is 34.1 Å². The summed E-state index contributed by atoms with van der Waals surface area (Å²) in [6.45, 7) is 0. The highest BCUT2D eigenvalue weighted by molar-refractivity contribution is 9.10. The van der Waals surface area contributed by atoms with Crippen LogP contribution >= 0.6 is 27.3 Å². The lowest BCUT2D eigenvalue weighted by Gasteiger charge is -2.10. The van der Waals surface area contributed by atoms with Gasteiger partial charge in [-0.25, -0.2) is 8.78 Å². The Bertz CT molecular complexity index is 507. The van der Waals surface area contributed by atoms with Crippen LogP contribution in [0.25, 0.3) is 0 Å². The predicted molar refractivity (Wildman–Crippen MR) is 67.0 cm³/mol. The molecule has 1 heterocycles. The third kappa shape index (κ3) is 3.12. The summed E-state index contributed by atoms with van der Waals surface area (Å²) in [5.41, 5.74) is 0.253. The normalized spacial score (nSPS) is 12.7. The van der Waals surface area contributed by atoms with E-state index in [2.05, 4.69) is 15.9 Å². The minimum Gasteiger partial charge on any atom is -0.388 e. The van der Waals surface area contributed by atoms with Crippen LogP contribution < -0.4 is 0 Å². The molecule has 2 rings (SSSR count). The van der Waals surface area contributed by atoms with Crippen molar-refractivity contribution in [1.29, 1.82) is 0 Å². The third-order valence-electron chi connectivity index (χ3n) is 2.34. The summed E-state index contributed by atoms with van der Waals surface area (Å²) in [6, 6.07) is 4.96. The van der Waals surface area contributed by atoms with Crippen LogP contribution in [0.5, 0.6) is 0 Å². The van der Waals surface area contributed by atoms with E-state index >= 15 is 0 Å². The van der Waals surface area contributed by atoms with E-state index in [1.165, 1.54) is 11.3 Å². The van der Waals surface area contributed by atoms with E-state index in [1.807, 2.05) is 11.4 Å². The van der Waals surface area contributed by atoms with E-state index in [-0.39, 0.29) is 5.56 Å². The molecule has 0 aliphatic heterocycles. The fourth-order valence-corrected chi connectivity index (χ4v) is 3.08. The highest BCUT2D eigenvalue weighted by Crippen LogP contribution is 2.28. The second kappa shape index (κ2) is 5.25. The van der Waals surface area contributed by atoms with Gasteiger partial charge in [-0.3, -0.25) is 0 Å². The molecular formula is C12H9BrF2OS. The van der Waals surface area contributed by atoms with Crippen LogP contribution in [0.2, 0.25) is 0 Å². The van der Waals surface area contributed by atoms with Crippen molar-refractivity contribution in [1.82, 2.24) is 0 Å². The van der Waals surface area contributed by atoms with E-state index in [0.717, 1.165) is 27.5 Å². The maximum atomic E-state index is 13.0. The molecule has 0 saturated heterocycles. The zero-order valence-electron chi connectivity index (χ0n) is 8.66. The van der Waals surface area contributed by atoms with Crippen molar-refractivity contribution < 1.29 is 13.9 Å². The van der Waals surface area contributed by atoms with Crippen LogP contribution in [0.3, 0.4) is 0 Å². The summed E-state index contributed by atoms with van der Waals surface area (Å²) in [5, 5.41) is 11.8. The minimum absolute atomic E-state index is 0.253. The summed E-state index contributed by atoms with van der Waals surface area (Å²) in [6.07, 6.45) is -0.573.